The van der Waals surface area contributed by atoms with Crippen molar-refractivity contribution < 1.29 is 20.1 Å². The lowest BCUT2D eigenvalue weighted by molar-refractivity contribution is -0.0460. The first-order valence-electron chi connectivity index (χ1n) is 5.46. The minimum Gasteiger partial charge on any atom is -0.394 e. The molecule has 18 heavy (non-hydrogen) atoms. The van der Waals surface area contributed by atoms with E-state index in [-0.39, 0.29) is 18.6 Å². The SMILES string of the molecule is O=c1[nH]c(=O)n([C@H]2C[C@@H](O)[C@H](CO)O2)cc1CO. The highest BCUT2D eigenvalue weighted by Gasteiger charge is 2.35. The van der Waals surface area contributed by atoms with Crippen LogP contribution in [0.25, 0.3) is 0 Å². The van der Waals surface area contributed by atoms with Crippen LogP contribution in [0.15, 0.2) is 15.8 Å². The highest BCUT2D eigenvalue weighted by Crippen LogP contribution is 2.27. The van der Waals surface area contributed by atoms with Crippen LogP contribution >= 0.6 is 0 Å². The second-order valence-electron chi connectivity index (χ2n) is 4.09. The number of hydrogen-bond donors (Lipinski definition) is 4. The van der Waals surface area contributed by atoms with Gasteiger partial charge in [-0.05, 0) is 0 Å². The van der Waals surface area contributed by atoms with Crippen LogP contribution in [-0.4, -0.2) is 43.7 Å². The van der Waals surface area contributed by atoms with Gasteiger partial charge in [0.1, 0.15) is 12.3 Å². The Bertz CT molecular complexity index is 536. The van der Waals surface area contributed by atoms with E-state index in [9.17, 15) is 14.7 Å². The summed E-state index contributed by atoms with van der Waals surface area (Å²) < 4.78 is 6.38. The molecule has 1 aromatic heterocycles. The van der Waals surface area contributed by atoms with Crippen LogP contribution in [0.4, 0.5) is 0 Å². The molecule has 2 heterocycles. The molecule has 1 aromatic rings. The van der Waals surface area contributed by atoms with E-state index < -0.39 is 36.3 Å². The molecule has 1 saturated heterocycles. The molecule has 1 aliphatic heterocycles. The van der Waals surface area contributed by atoms with Crippen LogP contribution in [0.3, 0.4) is 0 Å². The van der Waals surface area contributed by atoms with Gasteiger partial charge in [0.25, 0.3) is 5.56 Å². The third kappa shape index (κ3) is 2.23. The van der Waals surface area contributed by atoms with E-state index in [1.165, 1.54) is 6.20 Å². The van der Waals surface area contributed by atoms with Crippen molar-refractivity contribution in [2.75, 3.05) is 6.61 Å². The van der Waals surface area contributed by atoms with Crippen molar-refractivity contribution in [3.63, 3.8) is 0 Å². The summed E-state index contributed by atoms with van der Waals surface area (Å²) in [5.41, 5.74) is -1.32. The van der Waals surface area contributed by atoms with Gasteiger partial charge in [-0.1, -0.05) is 0 Å². The molecular weight excluding hydrogens is 244 g/mol. The zero-order chi connectivity index (χ0) is 13.3. The molecule has 0 amide bonds. The monoisotopic (exact) mass is 258 g/mol. The van der Waals surface area contributed by atoms with E-state index in [2.05, 4.69) is 4.98 Å². The number of aliphatic hydroxyl groups is 3. The number of nitrogens with zero attached hydrogens (tertiary/aromatic N) is 1. The highest BCUT2D eigenvalue weighted by molar-refractivity contribution is 5.03. The van der Waals surface area contributed by atoms with Crippen LogP contribution in [0.1, 0.15) is 18.2 Å². The smallest absolute Gasteiger partial charge is 0.330 e. The largest absolute Gasteiger partial charge is 0.394 e. The summed E-state index contributed by atoms with van der Waals surface area (Å²) in [6, 6.07) is 0. The average molecular weight is 258 g/mol. The summed E-state index contributed by atoms with van der Waals surface area (Å²) >= 11 is 0. The molecule has 100 valence electrons. The Labute approximate surface area is 101 Å². The first-order chi connectivity index (χ1) is 8.56. The zero-order valence-corrected chi connectivity index (χ0v) is 9.44. The fraction of sp³-hybridized carbons (Fsp3) is 0.600. The molecule has 0 aliphatic carbocycles. The Morgan fingerprint density at radius 3 is 2.72 bits per heavy atom. The standard InChI is InChI=1S/C10H14N2O6/c13-3-5-2-12(10(17)11-9(5)16)8-1-6(15)7(4-14)18-8/h2,6-8,13-15H,1,3-4H2,(H,11,16,17)/t6-,7+,8-/m1/s1. The number of aromatic amines is 1. The Morgan fingerprint density at radius 2 is 2.17 bits per heavy atom. The number of ether oxygens (including phenoxy) is 1. The molecule has 0 bridgehead atoms. The molecule has 0 spiro atoms. The molecule has 0 saturated carbocycles. The Balaban J connectivity index is 2.35. The third-order valence-corrected chi connectivity index (χ3v) is 2.91. The van der Waals surface area contributed by atoms with E-state index in [1.54, 1.807) is 0 Å². The lowest BCUT2D eigenvalue weighted by Crippen LogP contribution is -2.34. The van der Waals surface area contributed by atoms with Gasteiger partial charge in [-0.25, -0.2) is 4.79 Å². The lowest BCUT2D eigenvalue weighted by atomic mass is 10.2. The number of rotatable bonds is 3. The van der Waals surface area contributed by atoms with Crippen molar-refractivity contribution in [1.29, 1.82) is 0 Å². The minimum atomic E-state index is -0.878. The van der Waals surface area contributed by atoms with Gasteiger partial charge >= 0.3 is 5.69 Å². The number of nitrogens with one attached hydrogen (secondary N) is 1. The summed E-state index contributed by atoms with van der Waals surface area (Å²) in [7, 11) is 0. The minimum absolute atomic E-state index is 0.0279. The van der Waals surface area contributed by atoms with Gasteiger partial charge in [-0.15, -0.1) is 0 Å². The van der Waals surface area contributed by atoms with E-state index in [4.69, 9.17) is 14.9 Å². The van der Waals surface area contributed by atoms with Gasteiger partial charge in [0.15, 0.2) is 0 Å². The first-order valence-corrected chi connectivity index (χ1v) is 5.46. The second-order valence-corrected chi connectivity index (χ2v) is 4.09. The summed E-state index contributed by atoms with van der Waals surface area (Å²) in [6.45, 7) is -0.864. The predicted molar refractivity (Wildman–Crippen MR) is 58.9 cm³/mol. The number of H-pyrrole nitrogens is 1. The van der Waals surface area contributed by atoms with Crippen molar-refractivity contribution in [3.05, 3.63) is 32.6 Å². The predicted octanol–water partition coefficient (Wildman–Crippen LogP) is -2.33. The summed E-state index contributed by atoms with van der Waals surface area (Å²) in [4.78, 5) is 24.9. The number of aromatic nitrogens is 2. The van der Waals surface area contributed by atoms with Gasteiger partial charge < -0.3 is 20.1 Å². The molecule has 1 aliphatic rings. The molecule has 8 nitrogen and oxygen atoms in total. The quantitative estimate of drug-likeness (QED) is 0.482. The van der Waals surface area contributed by atoms with Gasteiger partial charge in [-0.2, -0.15) is 0 Å². The summed E-state index contributed by atoms with van der Waals surface area (Å²) in [6.07, 6.45) is -1.09. The molecule has 0 aromatic carbocycles. The third-order valence-electron chi connectivity index (χ3n) is 2.91. The molecule has 8 heteroatoms. The second kappa shape index (κ2) is 5.02. The molecule has 3 atom stereocenters. The van der Waals surface area contributed by atoms with Crippen molar-refractivity contribution in [2.45, 2.75) is 31.5 Å². The molecule has 2 rings (SSSR count). The first kappa shape index (κ1) is 13.0. The maximum Gasteiger partial charge on any atom is 0.330 e. The summed E-state index contributed by atoms with van der Waals surface area (Å²) in [5, 5.41) is 27.5. The van der Waals surface area contributed by atoms with Crippen LogP contribution in [0.5, 0.6) is 0 Å². The van der Waals surface area contributed by atoms with Gasteiger partial charge in [0.05, 0.1) is 24.9 Å². The maximum atomic E-state index is 11.6. The van der Waals surface area contributed by atoms with Crippen LogP contribution in [0.2, 0.25) is 0 Å². The highest BCUT2D eigenvalue weighted by atomic mass is 16.5. The van der Waals surface area contributed by atoms with E-state index in [0.717, 1.165) is 4.57 Å². The van der Waals surface area contributed by atoms with Crippen LogP contribution < -0.4 is 11.2 Å². The molecule has 4 N–H and O–H groups in total. The fourth-order valence-electron chi connectivity index (χ4n) is 1.90. The zero-order valence-electron chi connectivity index (χ0n) is 9.44. The Morgan fingerprint density at radius 1 is 1.44 bits per heavy atom. The number of hydrogen-bond acceptors (Lipinski definition) is 6. The normalized spacial score (nSPS) is 27.6. The van der Waals surface area contributed by atoms with Gasteiger partial charge in [0, 0.05) is 12.6 Å². The van der Waals surface area contributed by atoms with E-state index >= 15 is 0 Å². The Kier molecular flexibility index (Phi) is 3.62. The van der Waals surface area contributed by atoms with E-state index in [0.29, 0.717) is 0 Å². The van der Waals surface area contributed by atoms with Crippen molar-refractivity contribution in [2.24, 2.45) is 0 Å². The van der Waals surface area contributed by atoms with Gasteiger partial charge in [-0.3, -0.25) is 14.3 Å². The van der Waals surface area contributed by atoms with E-state index in [1.807, 2.05) is 0 Å². The molecule has 0 radical (unpaired) electrons. The van der Waals surface area contributed by atoms with Gasteiger partial charge in [0.2, 0.25) is 0 Å². The lowest BCUT2D eigenvalue weighted by Gasteiger charge is -2.14. The topological polar surface area (TPSA) is 125 Å². The van der Waals surface area contributed by atoms with Crippen molar-refractivity contribution in [1.82, 2.24) is 9.55 Å². The Hall–Kier alpha value is -1.48. The molecule has 0 unspecified atom stereocenters. The van der Waals surface area contributed by atoms with Crippen molar-refractivity contribution in [3.8, 4) is 0 Å². The fourth-order valence-corrected chi connectivity index (χ4v) is 1.90. The average Bonchev–Trinajstić information content (AvgIpc) is 2.70. The van der Waals surface area contributed by atoms with Crippen LogP contribution in [-0.2, 0) is 11.3 Å². The molecular formula is C10H14N2O6. The summed E-state index contributed by atoms with van der Waals surface area (Å²) in [5.74, 6) is 0. The molecule has 1 fully saturated rings. The number of aliphatic hydroxyl groups excluding tert-OH is 3. The van der Waals surface area contributed by atoms with Crippen LogP contribution in [0, 0.1) is 0 Å². The van der Waals surface area contributed by atoms with Crippen molar-refractivity contribution >= 4 is 0 Å². The maximum absolute atomic E-state index is 11.6.